The minimum atomic E-state index is 0.558. The van der Waals surface area contributed by atoms with Crippen LogP contribution in [0.25, 0.3) is 98.2 Å². The molecule has 0 aliphatic carbocycles. The second-order valence-corrected chi connectivity index (χ2v) is 13.7. The van der Waals surface area contributed by atoms with Crippen molar-refractivity contribution in [2.24, 2.45) is 0 Å². The van der Waals surface area contributed by atoms with Gasteiger partial charge in [-0.25, -0.2) is 14.7 Å². The molecule has 0 spiro atoms. The molecule has 0 aliphatic rings. The van der Waals surface area contributed by atoms with Gasteiger partial charge in [0.05, 0.1) is 58.7 Å². The average Bonchev–Trinajstić information content (AvgIpc) is 3.78. The maximum absolute atomic E-state index is 9.39. The van der Waals surface area contributed by atoms with Crippen LogP contribution >= 0.6 is 0 Å². The Kier molecular flexibility index (Phi) is 7.53. The van der Waals surface area contributed by atoms with Gasteiger partial charge < -0.3 is 4.57 Å². The SMILES string of the molecule is [C-]#[N+]c1ccc(-c2ccc3c4ccccc4n(-c4cnc(-n5c6ccccc6c6ccc(-c7ccc(C#N)cc7)cc65)cc4-c4cccc([N+]#[C-])c4)c3c2)cc1. The molecule has 258 valence electrons. The molecule has 7 aromatic carbocycles. The highest BCUT2D eigenvalue weighted by Crippen LogP contribution is 2.41. The summed E-state index contributed by atoms with van der Waals surface area (Å²) in [5, 5.41) is 13.9. The van der Waals surface area contributed by atoms with E-state index in [1.807, 2.05) is 72.9 Å². The lowest BCUT2D eigenvalue weighted by Crippen LogP contribution is -2.03. The van der Waals surface area contributed by atoms with Crippen LogP contribution in [0.4, 0.5) is 11.4 Å². The van der Waals surface area contributed by atoms with E-state index in [4.69, 9.17) is 18.1 Å². The number of pyridine rings is 1. The van der Waals surface area contributed by atoms with Crippen molar-refractivity contribution in [1.82, 2.24) is 14.1 Å². The van der Waals surface area contributed by atoms with Gasteiger partial charge in [0.25, 0.3) is 0 Å². The van der Waals surface area contributed by atoms with Gasteiger partial charge in [-0.1, -0.05) is 115 Å². The first-order valence-corrected chi connectivity index (χ1v) is 18.2. The molecule has 0 atom stereocenters. The number of benzene rings is 7. The summed E-state index contributed by atoms with van der Waals surface area (Å²) >= 11 is 0. The van der Waals surface area contributed by atoms with E-state index in [9.17, 15) is 5.26 Å². The quantitative estimate of drug-likeness (QED) is 0.167. The third-order valence-electron chi connectivity index (χ3n) is 10.6. The Bertz CT molecular complexity index is 3330. The second kappa shape index (κ2) is 13.0. The Morgan fingerprint density at radius 3 is 1.64 bits per heavy atom. The highest BCUT2D eigenvalue weighted by molar-refractivity contribution is 6.12. The molecule has 6 heteroatoms. The number of aromatic nitrogens is 3. The van der Waals surface area contributed by atoms with Gasteiger partial charge in [-0.05, 0) is 76.3 Å². The van der Waals surface area contributed by atoms with Crippen molar-refractivity contribution in [1.29, 1.82) is 5.26 Å². The topological polar surface area (TPSA) is 55.3 Å². The third kappa shape index (κ3) is 5.20. The molecule has 0 unspecified atom stereocenters. The van der Waals surface area contributed by atoms with Crippen LogP contribution in [-0.4, -0.2) is 14.1 Å². The molecule has 0 N–H and O–H groups in total. The van der Waals surface area contributed by atoms with Gasteiger partial charge in [0.2, 0.25) is 0 Å². The molecule has 3 aromatic heterocycles. The minimum Gasteiger partial charge on any atom is -0.307 e. The van der Waals surface area contributed by atoms with Crippen LogP contribution in [0.5, 0.6) is 0 Å². The number of hydrogen-bond acceptors (Lipinski definition) is 2. The fourth-order valence-electron chi connectivity index (χ4n) is 7.98. The lowest BCUT2D eigenvalue weighted by atomic mass is 10.0. The van der Waals surface area contributed by atoms with Gasteiger partial charge in [-0.3, -0.25) is 4.57 Å². The van der Waals surface area contributed by atoms with Crippen molar-refractivity contribution in [3.05, 3.63) is 198 Å². The first-order valence-electron chi connectivity index (χ1n) is 18.2. The summed E-state index contributed by atoms with van der Waals surface area (Å²) < 4.78 is 4.51. The van der Waals surface area contributed by atoms with Crippen LogP contribution in [-0.2, 0) is 0 Å². The van der Waals surface area contributed by atoms with Crippen LogP contribution in [0.3, 0.4) is 0 Å². The maximum atomic E-state index is 9.39. The van der Waals surface area contributed by atoms with E-state index in [1.54, 1.807) is 0 Å². The van der Waals surface area contributed by atoms with Crippen molar-refractivity contribution >= 4 is 55.0 Å². The molecule has 0 saturated heterocycles. The van der Waals surface area contributed by atoms with Gasteiger partial charge >= 0.3 is 0 Å². The van der Waals surface area contributed by atoms with Crippen LogP contribution in [0.1, 0.15) is 5.56 Å². The molecule has 56 heavy (non-hydrogen) atoms. The van der Waals surface area contributed by atoms with Crippen LogP contribution in [0.2, 0.25) is 0 Å². The van der Waals surface area contributed by atoms with E-state index >= 15 is 0 Å². The molecular weight excluding hydrogens is 685 g/mol. The van der Waals surface area contributed by atoms with Crippen LogP contribution in [0.15, 0.2) is 170 Å². The molecule has 0 saturated carbocycles. The highest BCUT2D eigenvalue weighted by atomic mass is 15.1. The summed E-state index contributed by atoms with van der Waals surface area (Å²) in [6.45, 7) is 15.3. The molecular formula is C50H28N6. The van der Waals surface area contributed by atoms with E-state index in [0.717, 1.165) is 88.5 Å². The third-order valence-corrected chi connectivity index (χ3v) is 10.6. The van der Waals surface area contributed by atoms with Crippen molar-refractivity contribution in [2.45, 2.75) is 0 Å². The van der Waals surface area contributed by atoms with Gasteiger partial charge in [0.1, 0.15) is 5.82 Å². The largest absolute Gasteiger partial charge is 0.307 e. The zero-order valence-corrected chi connectivity index (χ0v) is 29.8. The maximum Gasteiger partial charge on any atom is 0.187 e. The van der Waals surface area contributed by atoms with E-state index in [1.165, 1.54) is 0 Å². The van der Waals surface area contributed by atoms with Gasteiger partial charge in [-0.15, -0.1) is 0 Å². The molecule has 0 amide bonds. The fourth-order valence-corrected chi connectivity index (χ4v) is 7.98. The molecule has 0 bridgehead atoms. The summed E-state index contributed by atoms with van der Waals surface area (Å²) in [7, 11) is 0. The molecule has 10 aromatic rings. The van der Waals surface area contributed by atoms with Gasteiger partial charge in [-0.2, -0.15) is 5.26 Å². The van der Waals surface area contributed by atoms with Gasteiger partial charge in [0, 0.05) is 27.1 Å². The molecule has 0 fully saturated rings. The normalized spacial score (nSPS) is 11.2. The van der Waals surface area contributed by atoms with Crippen molar-refractivity contribution in [2.75, 3.05) is 0 Å². The Morgan fingerprint density at radius 1 is 0.464 bits per heavy atom. The number of para-hydroxylation sites is 2. The van der Waals surface area contributed by atoms with Crippen molar-refractivity contribution in [3.63, 3.8) is 0 Å². The molecule has 10 rings (SSSR count). The van der Waals surface area contributed by atoms with Crippen molar-refractivity contribution < 1.29 is 0 Å². The lowest BCUT2D eigenvalue weighted by molar-refractivity contribution is 1.06. The van der Waals surface area contributed by atoms with E-state index in [0.29, 0.717) is 16.9 Å². The highest BCUT2D eigenvalue weighted by Gasteiger charge is 2.20. The number of nitriles is 1. The Morgan fingerprint density at radius 2 is 1.02 bits per heavy atom. The van der Waals surface area contributed by atoms with E-state index < -0.39 is 0 Å². The summed E-state index contributed by atoms with van der Waals surface area (Å²) in [5.41, 5.74) is 12.8. The zero-order valence-electron chi connectivity index (χ0n) is 29.8. The first-order chi connectivity index (χ1) is 27.6. The summed E-state index contributed by atoms with van der Waals surface area (Å²) in [6.07, 6.45) is 1.96. The van der Waals surface area contributed by atoms with Crippen molar-refractivity contribution in [3.8, 4) is 51.0 Å². The lowest BCUT2D eigenvalue weighted by Gasteiger charge is -2.17. The fraction of sp³-hybridized carbons (Fsp3) is 0. The summed E-state index contributed by atoms with van der Waals surface area (Å²) in [5.74, 6) is 0.751. The zero-order chi connectivity index (χ0) is 37.8. The Hall–Kier alpha value is -8.24. The molecule has 0 radical (unpaired) electrons. The van der Waals surface area contributed by atoms with Crippen LogP contribution in [0, 0.1) is 24.5 Å². The Balaban J connectivity index is 1.25. The molecule has 6 nitrogen and oxygen atoms in total. The number of hydrogen-bond donors (Lipinski definition) is 0. The number of fused-ring (bicyclic) bond motifs is 6. The predicted octanol–water partition coefficient (Wildman–Crippen LogP) is 13.3. The monoisotopic (exact) mass is 712 g/mol. The predicted molar refractivity (Wildman–Crippen MR) is 226 cm³/mol. The second-order valence-electron chi connectivity index (χ2n) is 13.7. The Labute approximate surface area is 322 Å². The molecule has 3 heterocycles. The average molecular weight is 713 g/mol. The summed E-state index contributed by atoms with van der Waals surface area (Å²) in [6, 6.07) is 57.4. The van der Waals surface area contributed by atoms with E-state index in [2.05, 4.69) is 122 Å². The first kappa shape index (κ1) is 32.4. The summed E-state index contributed by atoms with van der Waals surface area (Å²) in [4.78, 5) is 12.6. The number of rotatable bonds is 5. The van der Waals surface area contributed by atoms with E-state index in [-0.39, 0.29) is 0 Å². The smallest absolute Gasteiger partial charge is 0.187 e. The van der Waals surface area contributed by atoms with Crippen LogP contribution < -0.4 is 0 Å². The minimum absolute atomic E-state index is 0.558. The number of nitrogens with zero attached hydrogens (tertiary/aromatic N) is 6. The van der Waals surface area contributed by atoms with Gasteiger partial charge in [0.15, 0.2) is 11.4 Å². The molecule has 0 aliphatic heterocycles. The standard InChI is InChI=1S/C50H28N6/c1-52-38-22-18-34(19-23-38)35-20-24-42-40-10-3-5-12-45(40)55(47(42)27-35)49-31-54-50(29-44(49)37-8-7-9-39(26-37)53-2)56-46-13-6-4-11-41(46)43-25-21-36(28-48(43)56)33-16-14-32(30-51)15-17-33/h3-29,31H.